The lowest BCUT2D eigenvalue weighted by Gasteiger charge is -2.00. The first-order chi connectivity index (χ1) is 7.63. The molecule has 8 nitrogen and oxygen atoms in total. The maximum Gasteiger partial charge on any atom is 0.294 e. The summed E-state index contributed by atoms with van der Waals surface area (Å²) in [6.07, 6.45) is 1.20. The highest BCUT2D eigenvalue weighted by Gasteiger charge is 1.97. The van der Waals surface area contributed by atoms with Gasteiger partial charge in [0.15, 0.2) is 0 Å². The van der Waals surface area contributed by atoms with Crippen molar-refractivity contribution in [3.8, 4) is 0 Å². The minimum atomic E-state index is -0.813. The van der Waals surface area contributed by atoms with Crippen molar-refractivity contribution in [2.75, 3.05) is 24.7 Å². The van der Waals surface area contributed by atoms with E-state index in [1.807, 2.05) is 0 Å². The molecule has 0 N–H and O–H groups in total. The topological polar surface area (TPSA) is 105 Å². The van der Waals surface area contributed by atoms with Gasteiger partial charge >= 0.3 is 0 Å². The Morgan fingerprint density at radius 1 is 0.875 bits per heavy atom. The fraction of sp³-hybridized carbons (Fsp3) is 1.00. The predicted octanol–water partition coefficient (Wildman–Crippen LogP) is 1.56. The van der Waals surface area contributed by atoms with Gasteiger partial charge in [0.05, 0.1) is 13.2 Å². The molecule has 0 aliphatic rings. The molecule has 0 aromatic rings. The van der Waals surface area contributed by atoms with E-state index in [4.69, 9.17) is 0 Å². The summed E-state index contributed by atoms with van der Waals surface area (Å²) in [7, 11) is 3.10. The predicted molar refractivity (Wildman–Crippen MR) is 60.0 cm³/mol. The molecular weight excluding hydrogens is 260 g/mol. The van der Waals surface area contributed by atoms with E-state index in [-0.39, 0.29) is 13.2 Å². The molecule has 0 aromatic carbocycles. The first-order valence-corrected chi connectivity index (χ1v) is 6.90. The van der Waals surface area contributed by atoms with Gasteiger partial charge in [-0.1, -0.05) is 21.6 Å². The molecule has 16 heavy (non-hydrogen) atoms. The highest BCUT2D eigenvalue weighted by atomic mass is 33.1. The molecule has 0 amide bonds. The Balaban J connectivity index is 2.98. The molecule has 0 spiro atoms. The third-order valence-electron chi connectivity index (χ3n) is 1.22. The summed E-state index contributed by atoms with van der Waals surface area (Å²) in [6.45, 7) is 0.204. The Morgan fingerprint density at radius 2 is 1.25 bits per heavy atom. The van der Waals surface area contributed by atoms with E-state index in [2.05, 4.69) is 9.68 Å². The van der Waals surface area contributed by atoms with E-state index in [1.165, 1.54) is 0 Å². The molecular formula is C6H12N2O6S2. The van der Waals surface area contributed by atoms with Crippen LogP contribution in [0.5, 0.6) is 0 Å². The van der Waals surface area contributed by atoms with Crippen LogP contribution in [0.25, 0.3) is 0 Å². The van der Waals surface area contributed by atoms with Crippen molar-refractivity contribution in [2.45, 2.75) is 12.8 Å². The average molecular weight is 272 g/mol. The highest BCUT2D eigenvalue weighted by molar-refractivity contribution is 8.76. The Morgan fingerprint density at radius 3 is 1.56 bits per heavy atom. The molecule has 94 valence electrons. The fourth-order valence-corrected chi connectivity index (χ4v) is 2.75. The highest BCUT2D eigenvalue weighted by Crippen LogP contribution is 2.22. The molecule has 0 aromatic heterocycles. The summed E-state index contributed by atoms with van der Waals surface area (Å²) in [6, 6.07) is 0. The lowest BCUT2D eigenvalue weighted by Crippen LogP contribution is -2.03. The van der Waals surface area contributed by atoms with Gasteiger partial charge in [-0.2, -0.15) is 0 Å². The quantitative estimate of drug-likeness (QED) is 0.241. The summed E-state index contributed by atoms with van der Waals surface area (Å²) in [5.41, 5.74) is 0. The molecule has 0 fully saturated rings. The normalized spacial score (nSPS) is 9.75. The first-order valence-electron chi connectivity index (χ1n) is 4.42. The number of nitrogens with zero attached hydrogens (tertiary/aromatic N) is 2. The molecule has 0 atom stereocenters. The zero-order valence-electron chi connectivity index (χ0n) is 8.40. The van der Waals surface area contributed by atoms with Crippen molar-refractivity contribution in [2.24, 2.45) is 0 Å². The van der Waals surface area contributed by atoms with Crippen molar-refractivity contribution in [1.82, 2.24) is 0 Å². The lowest BCUT2D eigenvalue weighted by atomic mass is 10.5. The number of hydrogen-bond acceptors (Lipinski definition) is 8. The monoisotopic (exact) mass is 272 g/mol. The molecule has 0 aliphatic heterocycles. The second-order valence-corrected chi connectivity index (χ2v) is 5.17. The van der Waals surface area contributed by atoms with Gasteiger partial charge in [0, 0.05) is 11.5 Å². The Bertz CT molecular complexity index is 195. The van der Waals surface area contributed by atoms with Crippen molar-refractivity contribution in [1.29, 1.82) is 0 Å². The van der Waals surface area contributed by atoms with E-state index in [0.717, 1.165) is 11.5 Å². The first kappa shape index (κ1) is 15.1. The van der Waals surface area contributed by atoms with Crippen LogP contribution >= 0.6 is 21.6 Å². The summed E-state index contributed by atoms with van der Waals surface area (Å²) >= 11 is 0. The maximum absolute atomic E-state index is 9.76. The molecule has 0 saturated carbocycles. The van der Waals surface area contributed by atoms with E-state index in [0.29, 0.717) is 12.8 Å². The summed E-state index contributed by atoms with van der Waals surface area (Å²) in [5, 5.41) is 17.9. The molecule has 0 radical (unpaired) electrons. The Labute approximate surface area is 99.7 Å². The van der Waals surface area contributed by atoms with Crippen LogP contribution in [0.4, 0.5) is 0 Å². The van der Waals surface area contributed by atoms with E-state index in [9.17, 15) is 20.2 Å². The molecule has 0 aliphatic carbocycles. The zero-order valence-corrected chi connectivity index (χ0v) is 10.0. The van der Waals surface area contributed by atoms with Crippen LogP contribution in [0.3, 0.4) is 0 Å². The van der Waals surface area contributed by atoms with Crippen LogP contribution in [0.1, 0.15) is 12.8 Å². The number of hydrogen-bond donors (Lipinski definition) is 0. The van der Waals surface area contributed by atoms with Gasteiger partial charge in [-0.15, -0.1) is 20.2 Å². The van der Waals surface area contributed by atoms with Gasteiger partial charge in [-0.3, -0.25) is 0 Å². The largest absolute Gasteiger partial charge is 0.314 e. The Hall–Kier alpha value is -0.900. The minimum absolute atomic E-state index is 0.102. The van der Waals surface area contributed by atoms with Crippen LogP contribution in [0, 0.1) is 20.2 Å². The maximum atomic E-state index is 9.76. The van der Waals surface area contributed by atoms with E-state index >= 15 is 0 Å². The van der Waals surface area contributed by atoms with Crippen molar-refractivity contribution in [3.63, 3.8) is 0 Å². The van der Waals surface area contributed by atoms with Gasteiger partial charge in [0.2, 0.25) is 0 Å². The molecule has 0 rings (SSSR count). The molecule has 10 heteroatoms. The molecule has 0 heterocycles. The van der Waals surface area contributed by atoms with Gasteiger partial charge in [0.1, 0.15) is 0 Å². The Kier molecular flexibility index (Phi) is 10.0. The zero-order chi connectivity index (χ0) is 12.2. The summed E-state index contributed by atoms with van der Waals surface area (Å²) in [4.78, 5) is 27.8. The van der Waals surface area contributed by atoms with Gasteiger partial charge < -0.3 is 9.68 Å². The van der Waals surface area contributed by atoms with Gasteiger partial charge in [-0.05, 0) is 12.8 Å². The second kappa shape index (κ2) is 10.6. The van der Waals surface area contributed by atoms with E-state index < -0.39 is 10.2 Å². The van der Waals surface area contributed by atoms with Gasteiger partial charge in [0.25, 0.3) is 10.2 Å². The van der Waals surface area contributed by atoms with Crippen LogP contribution < -0.4 is 0 Å². The lowest BCUT2D eigenvalue weighted by molar-refractivity contribution is -0.757. The molecule has 0 bridgehead atoms. The fourth-order valence-electron chi connectivity index (χ4n) is 0.632. The molecule has 0 unspecified atom stereocenters. The average Bonchev–Trinajstić information content (AvgIpc) is 2.20. The minimum Gasteiger partial charge on any atom is -0.314 e. The van der Waals surface area contributed by atoms with Crippen LogP contribution in [0.2, 0.25) is 0 Å². The summed E-state index contributed by atoms with van der Waals surface area (Å²) < 4.78 is 0. The van der Waals surface area contributed by atoms with Crippen molar-refractivity contribution >= 4 is 21.6 Å². The molecule has 0 saturated heterocycles. The van der Waals surface area contributed by atoms with E-state index in [1.54, 1.807) is 21.6 Å². The van der Waals surface area contributed by atoms with Crippen molar-refractivity contribution in [3.05, 3.63) is 20.2 Å². The smallest absolute Gasteiger partial charge is 0.294 e. The second-order valence-electron chi connectivity index (χ2n) is 2.46. The van der Waals surface area contributed by atoms with Crippen LogP contribution in [-0.2, 0) is 9.68 Å². The number of rotatable bonds is 11. The third-order valence-corrected chi connectivity index (χ3v) is 3.80. The van der Waals surface area contributed by atoms with Crippen molar-refractivity contribution < 1.29 is 19.8 Å². The third kappa shape index (κ3) is 13.1. The van der Waals surface area contributed by atoms with Gasteiger partial charge in [-0.25, -0.2) is 0 Å². The van der Waals surface area contributed by atoms with Crippen LogP contribution in [0.15, 0.2) is 0 Å². The van der Waals surface area contributed by atoms with Crippen LogP contribution in [-0.4, -0.2) is 34.9 Å². The standard InChI is InChI=1S/C6H12N2O6S2/c9-7(10)13-3-1-5-15-16-6-2-4-14-8(11)12/h1-6H2. The SMILES string of the molecule is O=[N+]([O-])OCCCSSCCCO[N+](=O)[O-]. The summed E-state index contributed by atoms with van der Waals surface area (Å²) in [5.74, 6) is 1.49.